The zero-order valence-electron chi connectivity index (χ0n) is 10.0. The fourth-order valence-corrected chi connectivity index (χ4v) is 1.46. The van der Waals surface area contributed by atoms with E-state index in [0.717, 1.165) is 11.1 Å². The van der Waals surface area contributed by atoms with Crippen LogP contribution in [0.5, 0.6) is 11.5 Å². The third kappa shape index (κ3) is 2.63. The number of esters is 1. The Morgan fingerprint density at radius 1 is 1.38 bits per heavy atom. The minimum atomic E-state index is -0.352. The molecule has 0 aliphatic carbocycles. The van der Waals surface area contributed by atoms with Gasteiger partial charge in [0.2, 0.25) is 0 Å². The predicted octanol–water partition coefficient (Wildman–Crippen LogP) is 2.96. The zero-order chi connectivity index (χ0) is 12.1. The Morgan fingerprint density at radius 2 is 2.06 bits per heavy atom. The summed E-state index contributed by atoms with van der Waals surface area (Å²) in [6.45, 7) is 5.25. The summed E-state index contributed by atoms with van der Waals surface area (Å²) in [5, 5.41) is 0. The van der Waals surface area contributed by atoms with Crippen LogP contribution in [0.2, 0.25) is 0 Å². The van der Waals surface area contributed by atoms with E-state index in [0.29, 0.717) is 11.5 Å². The summed E-state index contributed by atoms with van der Waals surface area (Å²) < 4.78 is 10.4. The van der Waals surface area contributed by atoms with E-state index in [-0.39, 0.29) is 5.97 Å². The van der Waals surface area contributed by atoms with Gasteiger partial charge in [-0.2, -0.15) is 0 Å². The van der Waals surface area contributed by atoms with E-state index in [9.17, 15) is 4.79 Å². The van der Waals surface area contributed by atoms with Crippen LogP contribution in [-0.2, 0) is 4.79 Å². The van der Waals surface area contributed by atoms with Crippen LogP contribution < -0.4 is 9.47 Å². The van der Waals surface area contributed by atoms with Crippen LogP contribution in [0.3, 0.4) is 0 Å². The van der Waals surface area contributed by atoms with Crippen LogP contribution in [0, 0.1) is 6.92 Å². The summed E-state index contributed by atoms with van der Waals surface area (Å²) >= 11 is 0. The van der Waals surface area contributed by atoms with Gasteiger partial charge in [0.1, 0.15) is 0 Å². The molecule has 0 amide bonds. The van der Waals surface area contributed by atoms with Crippen molar-refractivity contribution in [3.63, 3.8) is 0 Å². The van der Waals surface area contributed by atoms with Gasteiger partial charge in [0.05, 0.1) is 7.11 Å². The van der Waals surface area contributed by atoms with Crippen LogP contribution in [0.1, 0.15) is 25.0 Å². The van der Waals surface area contributed by atoms with Crippen molar-refractivity contribution in [1.82, 2.24) is 0 Å². The van der Waals surface area contributed by atoms with E-state index < -0.39 is 0 Å². The molecule has 0 radical (unpaired) electrons. The Balaban J connectivity index is 3.35. The maximum Gasteiger partial charge on any atom is 0.308 e. The molecule has 0 N–H and O–H groups in total. The van der Waals surface area contributed by atoms with E-state index in [2.05, 4.69) is 0 Å². The Morgan fingerprint density at radius 3 is 2.56 bits per heavy atom. The van der Waals surface area contributed by atoms with E-state index in [1.165, 1.54) is 6.92 Å². The summed E-state index contributed by atoms with van der Waals surface area (Å²) in [4.78, 5) is 11.0. The van der Waals surface area contributed by atoms with Gasteiger partial charge in [-0.1, -0.05) is 18.2 Å². The van der Waals surface area contributed by atoms with Crippen LogP contribution in [0.25, 0.3) is 6.08 Å². The van der Waals surface area contributed by atoms with Crippen molar-refractivity contribution in [2.45, 2.75) is 20.8 Å². The Labute approximate surface area is 95.7 Å². The van der Waals surface area contributed by atoms with Crippen molar-refractivity contribution in [2.75, 3.05) is 7.11 Å². The fraction of sp³-hybridized carbons (Fsp3) is 0.308. The van der Waals surface area contributed by atoms with Crippen LogP contribution in [-0.4, -0.2) is 13.1 Å². The number of allylic oxidation sites excluding steroid dienone is 1. The Hall–Kier alpha value is -1.77. The quantitative estimate of drug-likeness (QED) is 0.580. The first-order valence-corrected chi connectivity index (χ1v) is 5.08. The lowest BCUT2D eigenvalue weighted by molar-refractivity contribution is -0.132. The van der Waals surface area contributed by atoms with Crippen molar-refractivity contribution < 1.29 is 14.3 Å². The maximum atomic E-state index is 11.0. The van der Waals surface area contributed by atoms with Crippen LogP contribution >= 0.6 is 0 Å². The minimum absolute atomic E-state index is 0.352. The van der Waals surface area contributed by atoms with Gasteiger partial charge in [-0.05, 0) is 25.5 Å². The highest BCUT2D eigenvalue weighted by molar-refractivity contribution is 5.75. The molecule has 0 saturated heterocycles. The van der Waals surface area contributed by atoms with Gasteiger partial charge in [0.25, 0.3) is 0 Å². The smallest absolute Gasteiger partial charge is 0.308 e. The molecule has 1 rings (SSSR count). The molecule has 1 aromatic carbocycles. The van der Waals surface area contributed by atoms with Gasteiger partial charge in [-0.3, -0.25) is 4.79 Å². The highest BCUT2D eigenvalue weighted by Gasteiger charge is 2.13. The normalized spacial score (nSPS) is 10.5. The third-order valence-electron chi connectivity index (χ3n) is 2.18. The number of ether oxygens (including phenoxy) is 2. The van der Waals surface area contributed by atoms with Crippen molar-refractivity contribution >= 4 is 12.0 Å². The molecule has 3 nitrogen and oxygen atoms in total. The highest BCUT2D eigenvalue weighted by Crippen LogP contribution is 2.34. The molecular weight excluding hydrogens is 204 g/mol. The largest absolute Gasteiger partial charge is 0.493 e. The molecule has 16 heavy (non-hydrogen) atoms. The molecule has 0 unspecified atom stereocenters. The van der Waals surface area contributed by atoms with Gasteiger partial charge in [0.15, 0.2) is 11.5 Å². The van der Waals surface area contributed by atoms with Gasteiger partial charge >= 0.3 is 5.97 Å². The molecule has 0 aliphatic rings. The molecule has 86 valence electrons. The van der Waals surface area contributed by atoms with Crippen LogP contribution in [0.4, 0.5) is 0 Å². The first-order valence-electron chi connectivity index (χ1n) is 5.08. The first-order chi connectivity index (χ1) is 7.60. The lowest BCUT2D eigenvalue weighted by Gasteiger charge is -2.12. The number of aryl methyl sites for hydroxylation is 1. The summed E-state index contributed by atoms with van der Waals surface area (Å²) in [5.74, 6) is 0.691. The molecule has 3 heteroatoms. The second-order valence-corrected chi connectivity index (χ2v) is 3.42. The monoisotopic (exact) mass is 220 g/mol. The topological polar surface area (TPSA) is 35.5 Å². The molecular formula is C13H16O3. The SMILES string of the molecule is C/C=C/c1c(C)ccc(OC)c1OC(C)=O. The van der Waals surface area contributed by atoms with Gasteiger partial charge in [-0.15, -0.1) is 0 Å². The number of hydrogen-bond donors (Lipinski definition) is 0. The molecule has 0 aromatic heterocycles. The van der Waals surface area contributed by atoms with E-state index in [1.807, 2.05) is 32.1 Å². The van der Waals surface area contributed by atoms with E-state index in [4.69, 9.17) is 9.47 Å². The zero-order valence-corrected chi connectivity index (χ0v) is 10.0. The summed E-state index contributed by atoms with van der Waals surface area (Å²) in [7, 11) is 1.55. The van der Waals surface area contributed by atoms with Gasteiger partial charge in [0, 0.05) is 12.5 Å². The molecule has 0 atom stereocenters. The number of rotatable bonds is 3. The van der Waals surface area contributed by atoms with E-state index in [1.54, 1.807) is 13.2 Å². The van der Waals surface area contributed by atoms with Gasteiger partial charge in [-0.25, -0.2) is 0 Å². The summed E-state index contributed by atoms with van der Waals surface area (Å²) in [5.41, 5.74) is 1.91. The van der Waals surface area contributed by atoms with Crippen LogP contribution in [0.15, 0.2) is 18.2 Å². The highest BCUT2D eigenvalue weighted by atomic mass is 16.6. The third-order valence-corrected chi connectivity index (χ3v) is 2.18. The number of methoxy groups -OCH3 is 1. The molecule has 0 saturated carbocycles. The van der Waals surface area contributed by atoms with E-state index >= 15 is 0 Å². The molecule has 0 fully saturated rings. The Kier molecular flexibility index (Phi) is 4.11. The van der Waals surface area contributed by atoms with Crippen molar-refractivity contribution in [3.05, 3.63) is 29.3 Å². The Bertz CT molecular complexity index is 419. The molecule has 1 aromatic rings. The minimum Gasteiger partial charge on any atom is -0.493 e. The lowest BCUT2D eigenvalue weighted by Crippen LogP contribution is -2.05. The molecule has 0 spiro atoms. The average molecular weight is 220 g/mol. The number of carbonyl (C=O) groups is 1. The second kappa shape index (κ2) is 5.35. The number of benzene rings is 1. The summed E-state index contributed by atoms with van der Waals surface area (Å²) in [6.07, 6.45) is 3.80. The van der Waals surface area contributed by atoms with Gasteiger partial charge < -0.3 is 9.47 Å². The number of carbonyl (C=O) groups excluding carboxylic acids is 1. The molecule has 0 heterocycles. The van der Waals surface area contributed by atoms with Crippen molar-refractivity contribution in [2.24, 2.45) is 0 Å². The fourth-order valence-electron chi connectivity index (χ4n) is 1.46. The molecule has 0 aliphatic heterocycles. The lowest BCUT2D eigenvalue weighted by atomic mass is 10.1. The number of hydrogen-bond acceptors (Lipinski definition) is 3. The van der Waals surface area contributed by atoms with Crippen molar-refractivity contribution in [3.8, 4) is 11.5 Å². The predicted molar refractivity (Wildman–Crippen MR) is 63.7 cm³/mol. The summed E-state index contributed by atoms with van der Waals surface area (Å²) in [6, 6.07) is 3.72. The second-order valence-electron chi connectivity index (χ2n) is 3.42. The first kappa shape index (κ1) is 12.3. The standard InChI is InChI=1S/C13H16O3/c1-5-6-11-9(2)7-8-12(15-4)13(11)16-10(3)14/h5-8H,1-4H3/b6-5+. The average Bonchev–Trinajstić information content (AvgIpc) is 2.23. The molecule has 0 bridgehead atoms. The maximum absolute atomic E-state index is 11.0. The van der Waals surface area contributed by atoms with Crippen molar-refractivity contribution in [1.29, 1.82) is 0 Å².